The van der Waals surface area contributed by atoms with E-state index < -0.39 is 0 Å². The second-order valence-corrected chi connectivity index (χ2v) is 5.53. The summed E-state index contributed by atoms with van der Waals surface area (Å²) < 4.78 is 0. The van der Waals surface area contributed by atoms with Gasteiger partial charge in [0.1, 0.15) is 0 Å². The molecule has 3 aromatic rings. The van der Waals surface area contributed by atoms with Gasteiger partial charge in [-0.3, -0.25) is 0 Å². The van der Waals surface area contributed by atoms with E-state index in [1.54, 1.807) is 0 Å². The van der Waals surface area contributed by atoms with Gasteiger partial charge in [-0.05, 0) is 39.9 Å². The SMILES string of the molecule is CC(C)c1ccc(N)c(-c2cccc3ccccc23)c1. The molecule has 0 spiro atoms. The van der Waals surface area contributed by atoms with Gasteiger partial charge in [-0.1, -0.05) is 62.4 Å². The number of hydrogen-bond donors (Lipinski definition) is 1. The summed E-state index contributed by atoms with van der Waals surface area (Å²) in [6, 6.07) is 21.2. The third-order valence-corrected chi connectivity index (χ3v) is 3.82. The molecule has 100 valence electrons. The highest BCUT2D eigenvalue weighted by molar-refractivity contribution is 5.99. The van der Waals surface area contributed by atoms with E-state index in [4.69, 9.17) is 5.73 Å². The second kappa shape index (κ2) is 5.01. The van der Waals surface area contributed by atoms with Crippen molar-refractivity contribution in [2.75, 3.05) is 5.73 Å². The average molecular weight is 261 g/mol. The Labute approximate surface area is 120 Å². The predicted octanol–water partition coefficient (Wildman–Crippen LogP) is 5.21. The zero-order chi connectivity index (χ0) is 14.1. The molecule has 0 atom stereocenters. The van der Waals surface area contributed by atoms with E-state index in [9.17, 15) is 0 Å². The van der Waals surface area contributed by atoms with Crippen molar-refractivity contribution in [2.24, 2.45) is 0 Å². The molecule has 3 rings (SSSR count). The minimum Gasteiger partial charge on any atom is -0.398 e. The first-order valence-corrected chi connectivity index (χ1v) is 7.04. The lowest BCUT2D eigenvalue weighted by Crippen LogP contribution is -1.94. The molecule has 0 radical (unpaired) electrons. The van der Waals surface area contributed by atoms with E-state index in [1.165, 1.54) is 21.9 Å². The minimum absolute atomic E-state index is 0.504. The molecule has 0 fully saturated rings. The Morgan fingerprint density at radius 3 is 2.35 bits per heavy atom. The van der Waals surface area contributed by atoms with Crippen molar-refractivity contribution < 1.29 is 0 Å². The lowest BCUT2D eigenvalue weighted by atomic mass is 9.93. The Kier molecular flexibility index (Phi) is 3.19. The van der Waals surface area contributed by atoms with Crippen molar-refractivity contribution in [1.82, 2.24) is 0 Å². The zero-order valence-electron chi connectivity index (χ0n) is 11.9. The van der Waals surface area contributed by atoms with Crippen molar-refractivity contribution in [3.8, 4) is 11.1 Å². The van der Waals surface area contributed by atoms with E-state index in [0.29, 0.717) is 5.92 Å². The molecular weight excluding hydrogens is 242 g/mol. The van der Waals surface area contributed by atoms with Gasteiger partial charge in [-0.2, -0.15) is 0 Å². The molecule has 0 unspecified atom stereocenters. The number of fused-ring (bicyclic) bond motifs is 1. The molecule has 2 N–H and O–H groups in total. The summed E-state index contributed by atoms with van der Waals surface area (Å²) in [6.45, 7) is 4.41. The van der Waals surface area contributed by atoms with Crippen molar-refractivity contribution in [1.29, 1.82) is 0 Å². The molecule has 1 nitrogen and oxygen atoms in total. The van der Waals surface area contributed by atoms with E-state index in [1.807, 2.05) is 6.07 Å². The first-order chi connectivity index (χ1) is 9.66. The van der Waals surface area contributed by atoms with Crippen LogP contribution in [-0.2, 0) is 0 Å². The predicted molar refractivity (Wildman–Crippen MR) is 87.9 cm³/mol. The van der Waals surface area contributed by atoms with Crippen LogP contribution in [0.25, 0.3) is 21.9 Å². The van der Waals surface area contributed by atoms with Crippen LogP contribution in [0.2, 0.25) is 0 Å². The Bertz CT molecular complexity index is 751. The third-order valence-electron chi connectivity index (χ3n) is 3.82. The second-order valence-electron chi connectivity index (χ2n) is 5.53. The molecule has 0 aromatic heterocycles. The zero-order valence-corrected chi connectivity index (χ0v) is 11.9. The van der Waals surface area contributed by atoms with Crippen LogP contribution in [0.1, 0.15) is 25.3 Å². The van der Waals surface area contributed by atoms with Gasteiger partial charge in [0.2, 0.25) is 0 Å². The average Bonchev–Trinajstić information content (AvgIpc) is 2.47. The topological polar surface area (TPSA) is 26.0 Å². The number of anilines is 1. The standard InChI is InChI=1S/C19H19N/c1-13(2)15-10-11-19(20)18(12-15)17-9-5-7-14-6-3-4-8-16(14)17/h3-13H,20H2,1-2H3. The summed E-state index contributed by atoms with van der Waals surface area (Å²) in [5.41, 5.74) is 10.7. The number of nitrogen functional groups attached to an aromatic ring is 1. The van der Waals surface area contributed by atoms with Crippen molar-refractivity contribution in [2.45, 2.75) is 19.8 Å². The van der Waals surface area contributed by atoms with Crippen LogP contribution in [0.15, 0.2) is 60.7 Å². The molecule has 1 heteroatoms. The van der Waals surface area contributed by atoms with Gasteiger partial charge in [0, 0.05) is 11.3 Å². The third kappa shape index (κ3) is 2.16. The molecule has 0 aliphatic heterocycles. The van der Waals surface area contributed by atoms with Crippen LogP contribution in [0.4, 0.5) is 5.69 Å². The highest BCUT2D eigenvalue weighted by Crippen LogP contribution is 2.34. The maximum atomic E-state index is 6.21. The first-order valence-electron chi connectivity index (χ1n) is 7.04. The summed E-state index contributed by atoms with van der Waals surface area (Å²) in [5, 5.41) is 2.50. The van der Waals surface area contributed by atoms with Gasteiger partial charge in [-0.25, -0.2) is 0 Å². The summed E-state index contributed by atoms with van der Waals surface area (Å²) in [5.74, 6) is 0.504. The Balaban J connectivity index is 2.28. The Morgan fingerprint density at radius 1 is 0.800 bits per heavy atom. The van der Waals surface area contributed by atoms with Gasteiger partial charge < -0.3 is 5.73 Å². The molecule has 0 aliphatic rings. The molecule has 3 aromatic carbocycles. The van der Waals surface area contributed by atoms with Gasteiger partial charge in [-0.15, -0.1) is 0 Å². The van der Waals surface area contributed by atoms with Gasteiger partial charge in [0.25, 0.3) is 0 Å². The smallest absolute Gasteiger partial charge is 0.0394 e. The maximum Gasteiger partial charge on any atom is 0.0394 e. The number of nitrogens with two attached hydrogens (primary N) is 1. The van der Waals surface area contributed by atoms with Crippen molar-refractivity contribution >= 4 is 16.5 Å². The highest BCUT2D eigenvalue weighted by Gasteiger charge is 2.09. The van der Waals surface area contributed by atoms with Crippen LogP contribution in [0, 0.1) is 0 Å². The van der Waals surface area contributed by atoms with Crippen molar-refractivity contribution in [3.63, 3.8) is 0 Å². The fourth-order valence-corrected chi connectivity index (χ4v) is 2.63. The lowest BCUT2D eigenvalue weighted by molar-refractivity contribution is 0.867. The molecule has 20 heavy (non-hydrogen) atoms. The van der Waals surface area contributed by atoms with Crippen LogP contribution < -0.4 is 5.73 Å². The lowest BCUT2D eigenvalue weighted by Gasteiger charge is -2.13. The molecule has 0 saturated heterocycles. The Morgan fingerprint density at radius 2 is 1.55 bits per heavy atom. The summed E-state index contributed by atoms with van der Waals surface area (Å²) in [4.78, 5) is 0. The van der Waals surface area contributed by atoms with Crippen LogP contribution in [-0.4, -0.2) is 0 Å². The highest BCUT2D eigenvalue weighted by atomic mass is 14.6. The van der Waals surface area contributed by atoms with Crippen LogP contribution in [0.3, 0.4) is 0 Å². The molecule has 0 bridgehead atoms. The van der Waals surface area contributed by atoms with E-state index in [0.717, 1.165) is 11.3 Å². The van der Waals surface area contributed by atoms with Crippen LogP contribution >= 0.6 is 0 Å². The van der Waals surface area contributed by atoms with E-state index in [-0.39, 0.29) is 0 Å². The molecule has 0 aliphatic carbocycles. The fourth-order valence-electron chi connectivity index (χ4n) is 2.63. The largest absolute Gasteiger partial charge is 0.398 e. The van der Waals surface area contributed by atoms with E-state index in [2.05, 4.69) is 68.4 Å². The van der Waals surface area contributed by atoms with Gasteiger partial charge in [0.15, 0.2) is 0 Å². The molecular formula is C19H19N. The quantitative estimate of drug-likeness (QED) is 0.629. The summed E-state index contributed by atoms with van der Waals surface area (Å²) in [6.07, 6.45) is 0. The fraction of sp³-hybridized carbons (Fsp3) is 0.158. The normalized spacial score (nSPS) is 11.2. The minimum atomic E-state index is 0.504. The number of benzene rings is 3. The number of rotatable bonds is 2. The van der Waals surface area contributed by atoms with Crippen LogP contribution in [0.5, 0.6) is 0 Å². The molecule has 0 saturated carbocycles. The maximum absolute atomic E-state index is 6.21. The van der Waals surface area contributed by atoms with Crippen molar-refractivity contribution in [3.05, 3.63) is 66.2 Å². The van der Waals surface area contributed by atoms with Gasteiger partial charge in [0.05, 0.1) is 0 Å². The van der Waals surface area contributed by atoms with E-state index >= 15 is 0 Å². The van der Waals surface area contributed by atoms with Gasteiger partial charge >= 0.3 is 0 Å². The first kappa shape index (κ1) is 12.7. The Hall–Kier alpha value is -2.28. The monoisotopic (exact) mass is 261 g/mol. The summed E-state index contributed by atoms with van der Waals surface area (Å²) in [7, 11) is 0. The number of hydrogen-bond acceptors (Lipinski definition) is 1. The molecule has 0 heterocycles. The molecule has 0 amide bonds. The summed E-state index contributed by atoms with van der Waals surface area (Å²) >= 11 is 0.